The predicted octanol–water partition coefficient (Wildman–Crippen LogP) is 4.91. The lowest BCUT2D eigenvalue weighted by molar-refractivity contribution is 0.571. The summed E-state index contributed by atoms with van der Waals surface area (Å²) in [5, 5.41) is 7.83. The summed E-state index contributed by atoms with van der Waals surface area (Å²) in [7, 11) is 0. The summed E-state index contributed by atoms with van der Waals surface area (Å²) in [6.45, 7) is 7.97. The maximum Gasteiger partial charge on any atom is 0.193 e. The van der Waals surface area contributed by atoms with Gasteiger partial charge in [0.2, 0.25) is 0 Å². The average molecular weight is 486 g/mol. The fourth-order valence-electron chi connectivity index (χ4n) is 3.20. The van der Waals surface area contributed by atoms with Crippen molar-refractivity contribution >= 4 is 45.8 Å². The number of nitrogens with two attached hydrogens (primary N) is 1. The molecule has 1 atom stereocenters. The molecule has 32 heavy (non-hydrogen) atoms. The Morgan fingerprint density at radius 3 is 2.69 bits per heavy atom. The van der Waals surface area contributed by atoms with E-state index >= 15 is 0 Å². The first-order chi connectivity index (χ1) is 15.2. The maximum absolute atomic E-state index is 6.69. The normalized spacial score (nSPS) is 17.9. The molecule has 0 aliphatic carbocycles. The van der Waals surface area contributed by atoms with Crippen molar-refractivity contribution in [1.82, 2.24) is 25.3 Å². The molecule has 0 spiro atoms. The minimum Gasteiger partial charge on any atom is -0.367 e. The predicted molar refractivity (Wildman–Crippen MR) is 132 cm³/mol. The van der Waals surface area contributed by atoms with Gasteiger partial charge in [0.1, 0.15) is 11.5 Å². The molecule has 0 bridgehead atoms. The lowest BCUT2D eigenvalue weighted by Crippen LogP contribution is -2.43. The molecule has 166 valence electrons. The smallest absolute Gasteiger partial charge is 0.193 e. The summed E-state index contributed by atoms with van der Waals surface area (Å²) in [5.74, 6) is 0.730. The molecule has 4 rings (SSSR count). The standard InChI is InChI=1S/C22H24ClN7S2/c1-12(2)27-19-11-25-20(14(4)29-19)22(24)26-10-18(32-22)16-9-13(3)28-21(30-16)31-17-8-6-5-7-15(17)23/h5-12,26H,24H2,1-4H3,(H,27,29). The van der Waals surface area contributed by atoms with Crippen LogP contribution >= 0.6 is 35.1 Å². The Hall–Kier alpha value is -2.33. The van der Waals surface area contributed by atoms with Crippen LogP contribution in [0.1, 0.15) is 36.6 Å². The van der Waals surface area contributed by atoms with Crippen LogP contribution in [-0.4, -0.2) is 26.0 Å². The molecule has 0 fully saturated rings. The highest BCUT2D eigenvalue weighted by molar-refractivity contribution is 8.09. The molecule has 4 N–H and O–H groups in total. The fraction of sp³-hybridized carbons (Fsp3) is 0.273. The molecule has 0 amide bonds. The summed E-state index contributed by atoms with van der Waals surface area (Å²) in [6, 6.07) is 9.86. The third kappa shape index (κ3) is 5.01. The Morgan fingerprint density at radius 2 is 1.97 bits per heavy atom. The lowest BCUT2D eigenvalue weighted by atomic mass is 10.2. The molecule has 2 aromatic heterocycles. The van der Waals surface area contributed by atoms with Crippen molar-refractivity contribution in [3.63, 3.8) is 0 Å². The summed E-state index contributed by atoms with van der Waals surface area (Å²) in [4.78, 5) is 19.4. The highest BCUT2D eigenvalue weighted by Gasteiger charge is 2.37. The average Bonchev–Trinajstić information content (AvgIpc) is 3.12. The Kier molecular flexibility index (Phi) is 6.62. The van der Waals surface area contributed by atoms with Crippen LogP contribution in [0.15, 0.2) is 52.8 Å². The number of anilines is 1. The van der Waals surface area contributed by atoms with Crippen molar-refractivity contribution in [2.75, 3.05) is 5.32 Å². The molecule has 1 aliphatic heterocycles. The Labute approximate surface area is 201 Å². The molecule has 0 saturated carbocycles. The van der Waals surface area contributed by atoms with E-state index in [1.54, 1.807) is 6.20 Å². The molecule has 3 heterocycles. The zero-order chi connectivity index (χ0) is 22.9. The Morgan fingerprint density at radius 1 is 1.19 bits per heavy atom. The molecule has 1 unspecified atom stereocenters. The van der Waals surface area contributed by atoms with Crippen LogP contribution < -0.4 is 16.4 Å². The van der Waals surface area contributed by atoms with Crippen LogP contribution in [0.4, 0.5) is 5.82 Å². The van der Waals surface area contributed by atoms with Gasteiger partial charge in [-0.2, -0.15) is 0 Å². The van der Waals surface area contributed by atoms with Crippen molar-refractivity contribution < 1.29 is 0 Å². The largest absolute Gasteiger partial charge is 0.367 e. The highest BCUT2D eigenvalue weighted by atomic mass is 35.5. The molecular weight excluding hydrogens is 462 g/mol. The van der Waals surface area contributed by atoms with Crippen LogP contribution in [-0.2, 0) is 4.99 Å². The maximum atomic E-state index is 6.69. The first-order valence-electron chi connectivity index (χ1n) is 10.1. The van der Waals surface area contributed by atoms with Gasteiger partial charge < -0.3 is 10.6 Å². The molecule has 3 aromatic rings. The fourth-order valence-corrected chi connectivity index (χ4v) is 5.38. The first-order valence-corrected chi connectivity index (χ1v) is 12.1. The van der Waals surface area contributed by atoms with Crippen molar-refractivity contribution in [1.29, 1.82) is 0 Å². The number of hydrogen-bond donors (Lipinski definition) is 3. The number of aryl methyl sites for hydroxylation is 2. The quantitative estimate of drug-likeness (QED) is 0.420. The molecule has 1 aromatic carbocycles. The van der Waals surface area contributed by atoms with Crippen LogP contribution in [0.25, 0.3) is 4.91 Å². The molecule has 0 radical (unpaired) electrons. The molecular formula is C22H24ClN7S2. The van der Waals surface area contributed by atoms with E-state index in [-0.39, 0.29) is 6.04 Å². The van der Waals surface area contributed by atoms with Gasteiger partial charge in [-0.25, -0.2) is 15.0 Å². The number of benzene rings is 1. The number of nitrogens with one attached hydrogen (secondary N) is 2. The highest BCUT2D eigenvalue weighted by Crippen LogP contribution is 2.44. The summed E-state index contributed by atoms with van der Waals surface area (Å²) < 4.78 is 0. The molecule has 0 saturated heterocycles. The van der Waals surface area contributed by atoms with E-state index in [1.807, 2.05) is 50.4 Å². The van der Waals surface area contributed by atoms with Gasteiger partial charge in [-0.3, -0.25) is 10.7 Å². The number of aromatic nitrogens is 4. The number of thioether (sulfide) groups is 1. The third-order valence-corrected chi connectivity index (χ3v) is 7.11. The second-order valence-electron chi connectivity index (χ2n) is 7.69. The van der Waals surface area contributed by atoms with E-state index in [4.69, 9.17) is 22.3 Å². The zero-order valence-corrected chi connectivity index (χ0v) is 20.6. The van der Waals surface area contributed by atoms with E-state index in [0.29, 0.717) is 15.9 Å². The second-order valence-corrected chi connectivity index (χ2v) is 10.4. The van der Waals surface area contributed by atoms with E-state index in [0.717, 1.165) is 32.7 Å². The number of hydrogen-bond acceptors (Lipinski definition) is 9. The van der Waals surface area contributed by atoms with Gasteiger partial charge in [0.05, 0.1) is 27.5 Å². The second kappa shape index (κ2) is 9.27. The number of rotatable bonds is 6. The van der Waals surface area contributed by atoms with Crippen LogP contribution in [0, 0.1) is 13.8 Å². The molecule has 1 aliphatic rings. The van der Waals surface area contributed by atoms with E-state index in [9.17, 15) is 0 Å². The first kappa shape index (κ1) is 22.8. The van der Waals surface area contributed by atoms with Gasteiger partial charge in [0.25, 0.3) is 0 Å². The Balaban J connectivity index is 1.56. The van der Waals surface area contributed by atoms with Crippen molar-refractivity contribution in [3.05, 3.63) is 70.5 Å². The minimum atomic E-state index is -0.933. The van der Waals surface area contributed by atoms with Gasteiger partial charge >= 0.3 is 0 Å². The van der Waals surface area contributed by atoms with Crippen molar-refractivity contribution in [2.24, 2.45) is 5.73 Å². The van der Waals surface area contributed by atoms with Gasteiger partial charge in [-0.05, 0) is 57.7 Å². The van der Waals surface area contributed by atoms with Crippen LogP contribution in [0.2, 0.25) is 5.02 Å². The number of nitrogens with zero attached hydrogens (tertiary/aromatic N) is 4. The van der Waals surface area contributed by atoms with Gasteiger partial charge in [0.15, 0.2) is 10.2 Å². The Bertz CT molecular complexity index is 1180. The van der Waals surface area contributed by atoms with Gasteiger partial charge in [-0.15, -0.1) is 0 Å². The SMILES string of the molecule is Cc1cc(C2=CNC(N)(c3ncc(NC(C)C)nc3C)S2)nc(Sc2ccccc2Cl)n1. The zero-order valence-electron chi connectivity index (χ0n) is 18.2. The molecule has 10 heteroatoms. The van der Waals surface area contributed by atoms with Crippen molar-refractivity contribution in [3.8, 4) is 0 Å². The van der Waals surface area contributed by atoms with Gasteiger partial charge in [0, 0.05) is 22.8 Å². The molecule has 7 nitrogen and oxygen atoms in total. The van der Waals surface area contributed by atoms with E-state index in [2.05, 4.69) is 39.4 Å². The number of halogens is 1. The topological polar surface area (TPSA) is 102 Å². The minimum absolute atomic E-state index is 0.271. The van der Waals surface area contributed by atoms with Crippen molar-refractivity contribution in [2.45, 2.75) is 48.8 Å². The van der Waals surface area contributed by atoms with E-state index < -0.39 is 4.99 Å². The van der Waals surface area contributed by atoms with Gasteiger partial charge in [-0.1, -0.05) is 35.5 Å². The lowest BCUT2D eigenvalue weighted by Gasteiger charge is -2.25. The third-order valence-electron chi connectivity index (χ3n) is 4.55. The summed E-state index contributed by atoms with van der Waals surface area (Å²) >= 11 is 9.20. The van der Waals surface area contributed by atoms with E-state index in [1.165, 1.54) is 23.5 Å². The summed E-state index contributed by atoms with van der Waals surface area (Å²) in [6.07, 6.45) is 3.59. The summed E-state index contributed by atoms with van der Waals surface area (Å²) in [5.41, 5.74) is 9.79. The van der Waals surface area contributed by atoms with Crippen LogP contribution in [0.3, 0.4) is 0 Å². The monoisotopic (exact) mass is 485 g/mol. The van der Waals surface area contributed by atoms with Crippen LogP contribution in [0.5, 0.6) is 0 Å².